The molecule has 1 aromatic carbocycles. The van der Waals surface area contributed by atoms with E-state index >= 15 is 0 Å². The first-order chi connectivity index (χ1) is 7.19. The Morgan fingerprint density at radius 2 is 1.87 bits per heavy atom. The van der Waals surface area contributed by atoms with Crippen LogP contribution in [0.5, 0.6) is 0 Å². The highest BCUT2D eigenvalue weighted by Gasteiger charge is 2.09. The Kier molecular flexibility index (Phi) is 4.67. The molecule has 0 bridgehead atoms. The minimum Gasteiger partial charge on any atom is -0.595 e. The number of hydrogen-bond donors (Lipinski definition) is 4. The molecule has 0 fully saturated rings. The topological polar surface area (TPSA) is 99.8 Å². The number of hydrogen-bond acceptors (Lipinski definition) is 4. The minimum absolute atomic E-state index is 0.339. The summed E-state index contributed by atoms with van der Waals surface area (Å²) in [6.07, 6.45) is 1.29. The fraction of sp³-hybridized carbons (Fsp3) is 0.400. The van der Waals surface area contributed by atoms with E-state index in [0.29, 0.717) is 31.6 Å². The average molecular weight is 211 g/mol. The van der Waals surface area contributed by atoms with E-state index in [0.717, 1.165) is 11.1 Å². The molecule has 1 aromatic rings. The third-order valence-electron chi connectivity index (χ3n) is 2.25. The third-order valence-corrected chi connectivity index (χ3v) is 2.25. The first-order valence-corrected chi connectivity index (χ1v) is 4.94. The van der Waals surface area contributed by atoms with E-state index in [4.69, 9.17) is 16.7 Å². The summed E-state index contributed by atoms with van der Waals surface area (Å²) in [5.41, 5.74) is 12.9. The summed E-state index contributed by atoms with van der Waals surface area (Å²) in [7, 11) is 0. The van der Waals surface area contributed by atoms with Gasteiger partial charge in [-0.3, -0.25) is 0 Å². The highest BCUT2D eigenvalue weighted by Crippen LogP contribution is 2.14. The van der Waals surface area contributed by atoms with Crippen LogP contribution in [0.25, 0.3) is 0 Å². The smallest absolute Gasteiger partial charge is 0.167 e. The van der Waals surface area contributed by atoms with E-state index in [2.05, 4.69) is 0 Å². The third kappa shape index (κ3) is 3.26. The molecule has 1 rings (SSSR count). The molecule has 0 saturated carbocycles. The van der Waals surface area contributed by atoms with Crippen LogP contribution in [0.4, 0.5) is 5.69 Å². The van der Waals surface area contributed by atoms with Crippen molar-refractivity contribution in [2.75, 3.05) is 13.1 Å². The van der Waals surface area contributed by atoms with E-state index in [1.807, 2.05) is 12.1 Å². The van der Waals surface area contributed by atoms with Gasteiger partial charge >= 0.3 is 0 Å². The van der Waals surface area contributed by atoms with Crippen LogP contribution in [-0.2, 0) is 12.8 Å². The molecule has 84 valence electrons. The number of benzene rings is 1. The van der Waals surface area contributed by atoms with Gasteiger partial charge in [0.25, 0.3) is 0 Å². The number of rotatable bonds is 5. The lowest BCUT2D eigenvalue weighted by Gasteiger charge is -2.16. The summed E-state index contributed by atoms with van der Waals surface area (Å²) in [6.45, 7) is 0.978. The SMILES string of the molecule is NCCc1ccc(CCN)c([NH+]([O-])O)c1. The van der Waals surface area contributed by atoms with Crippen molar-refractivity contribution in [3.63, 3.8) is 0 Å². The monoisotopic (exact) mass is 211 g/mol. The number of nitrogens with one attached hydrogen (secondary N) is 1. The molecule has 0 radical (unpaired) electrons. The summed E-state index contributed by atoms with van der Waals surface area (Å²) in [5.74, 6) is 0. The second kappa shape index (κ2) is 5.79. The first kappa shape index (κ1) is 12.1. The molecule has 0 aliphatic carbocycles. The molecule has 5 heteroatoms. The lowest BCUT2D eigenvalue weighted by Crippen LogP contribution is -2.99. The van der Waals surface area contributed by atoms with Crippen LogP contribution < -0.4 is 16.7 Å². The molecule has 15 heavy (non-hydrogen) atoms. The molecule has 6 N–H and O–H groups in total. The Bertz CT molecular complexity index is 316. The van der Waals surface area contributed by atoms with Crippen molar-refractivity contribution in [1.82, 2.24) is 0 Å². The van der Waals surface area contributed by atoms with Crippen LogP contribution in [-0.4, -0.2) is 18.3 Å². The van der Waals surface area contributed by atoms with Gasteiger partial charge in [-0.2, -0.15) is 5.23 Å². The highest BCUT2D eigenvalue weighted by molar-refractivity contribution is 5.43. The Balaban J connectivity index is 2.97. The molecule has 0 aromatic heterocycles. The molecule has 0 saturated heterocycles. The molecule has 0 aliphatic rings. The average Bonchev–Trinajstić information content (AvgIpc) is 2.21. The van der Waals surface area contributed by atoms with Gasteiger partial charge in [0.1, 0.15) is 0 Å². The van der Waals surface area contributed by atoms with Gasteiger partial charge in [0.05, 0.1) is 0 Å². The first-order valence-electron chi connectivity index (χ1n) is 4.94. The van der Waals surface area contributed by atoms with E-state index < -0.39 is 5.23 Å². The zero-order chi connectivity index (χ0) is 11.3. The Hall–Kier alpha value is -0.980. The van der Waals surface area contributed by atoms with E-state index in [1.165, 1.54) is 0 Å². The summed E-state index contributed by atoms with van der Waals surface area (Å²) in [4.78, 5) is 0. The minimum atomic E-state index is -0.905. The van der Waals surface area contributed by atoms with E-state index in [-0.39, 0.29) is 0 Å². The molecular weight excluding hydrogens is 194 g/mol. The van der Waals surface area contributed by atoms with Crippen molar-refractivity contribution in [1.29, 1.82) is 0 Å². The predicted molar refractivity (Wildman–Crippen MR) is 57.7 cm³/mol. The number of quaternary nitrogens is 1. The summed E-state index contributed by atoms with van der Waals surface area (Å²) >= 11 is 0. The van der Waals surface area contributed by atoms with Crippen molar-refractivity contribution < 1.29 is 10.4 Å². The highest BCUT2D eigenvalue weighted by atomic mass is 16.8. The molecule has 1 atom stereocenters. The Labute approximate surface area is 88.8 Å². The maximum atomic E-state index is 11.0. The molecule has 0 aliphatic heterocycles. The van der Waals surface area contributed by atoms with Gasteiger partial charge in [0.15, 0.2) is 5.69 Å². The standard InChI is InChI=1S/C10H17N3O2/c11-5-3-8-1-2-9(4-6-12)10(7-8)13(14)15/h1-2,7,13-14H,3-6,11-12H2. The van der Waals surface area contributed by atoms with Crippen molar-refractivity contribution in [3.8, 4) is 0 Å². The van der Waals surface area contributed by atoms with Crippen LogP contribution in [0.1, 0.15) is 11.1 Å². The molecule has 0 spiro atoms. The summed E-state index contributed by atoms with van der Waals surface area (Å²) in [5, 5.41) is 19.1. The van der Waals surface area contributed by atoms with Gasteiger partial charge in [-0.1, -0.05) is 12.1 Å². The van der Waals surface area contributed by atoms with Gasteiger partial charge in [-0.05, 0) is 31.5 Å². The molecule has 0 heterocycles. The van der Waals surface area contributed by atoms with Gasteiger partial charge in [-0.25, -0.2) is 5.21 Å². The van der Waals surface area contributed by atoms with Gasteiger partial charge in [0.2, 0.25) is 0 Å². The second-order valence-electron chi connectivity index (χ2n) is 3.37. The summed E-state index contributed by atoms with van der Waals surface area (Å²) < 4.78 is 0. The second-order valence-corrected chi connectivity index (χ2v) is 3.37. The predicted octanol–water partition coefficient (Wildman–Crippen LogP) is -0.908. The van der Waals surface area contributed by atoms with Crippen molar-refractivity contribution in [3.05, 3.63) is 34.5 Å². The molecule has 1 unspecified atom stereocenters. The van der Waals surface area contributed by atoms with Crippen LogP contribution in [0.15, 0.2) is 18.2 Å². The van der Waals surface area contributed by atoms with Crippen LogP contribution >= 0.6 is 0 Å². The summed E-state index contributed by atoms with van der Waals surface area (Å²) in [6, 6.07) is 5.41. The van der Waals surface area contributed by atoms with Crippen molar-refractivity contribution in [2.45, 2.75) is 12.8 Å². The lowest BCUT2D eigenvalue weighted by atomic mass is 10.0. The van der Waals surface area contributed by atoms with Gasteiger partial charge in [0, 0.05) is 11.6 Å². The lowest BCUT2D eigenvalue weighted by molar-refractivity contribution is -0.991. The molecule has 0 amide bonds. The van der Waals surface area contributed by atoms with Crippen LogP contribution in [0.3, 0.4) is 0 Å². The Morgan fingerprint density at radius 3 is 2.40 bits per heavy atom. The van der Waals surface area contributed by atoms with Crippen molar-refractivity contribution >= 4 is 5.69 Å². The van der Waals surface area contributed by atoms with Crippen LogP contribution in [0, 0.1) is 5.21 Å². The number of nitrogens with two attached hydrogens (primary N) is 2. The van der Waals surface area contributed by atoms with Gasteiger partial charge < -0.3 is 16.7 Å². The molecular formula is C10H17N3O2. The largest absolute Gasteiger partial charge is 0.595 e. The maximum Gasteiger partial charge on any atom is 0.167 e. The fourth-order valence-electron chi connectivity index (χ4n) is 1.52. The maximum absolute atomic E-state index is 11.0. The van der Waals surface area contributed by atoms with Crippen molar-refractivity contribution in [2.24, 2.45) is 11.5 Å². The fourth-order valence-corrected chi connectivity index (χ4v) is 1.52. The van der Waals surface area contributed by atoms with Crippen LogP contribution in [0.2, 0.25) is 0 Å². The van der Waals surface area contributed by atoms with E-state index in [1.54, 1.807) is 6.07 Å². The van der Waals surface area contributed by atoms with E-state index in [9.17, 15) is 5.21 Å². The van der Waals surface area contributed by atoms with Gasteiger partial charge in [-0.15, -0.1) is 0 Å². The quantitative estimate of drug-likeness (QED) is 0.474. The zero-order valence-electron chi connectivity index (χ0n) is 8.57. The normalized spacial score (nSPS) is 12.8. The molecule has 5 nitrogen and oxygen atoms in total. The zero-order valence-corrected chi connectivity index (χ0v) is 8.57. The Morgan fingerprint density at radius 1 is 1.20 bits per heavy atom.